The summed E-state index contributed by atoms with van der Waals surface area (Å²) >= 11 is 0. The van der Waals surface area contributed by atoms with E-state index < -0.39 is 0 Å². The van der Waals surface area contributed by atoms with Gasteiger partial charge in [0.25, 0.3) is 5.91 Å². The number of hydrogen-bond donors (Lipinski definition) is 1. The number of hydrogen-bond acceptors (Lipinski definition) is 3. The third-order valence-electron chi connectivity index (χ3n) is 3.30. The van der Waals surface area contributed by atoms with E-state index in [0.29, 0.717) is 17.1 Å². The minimum Gasteiger partial charge on any atom is -0.497 e. The molecular formula is C17H19NO3. The molecule has 4 nitrogen and oxygen atoms in total. The second kappa shape index (κ2) is 6.79. The first-order valence-electron chi connectivity index (χ1n) is 6.73. The highest BCUT2D eigenvalue weighted by Gasteiger charge is 2.16. The van der Waals surface area contributed by atoms with Crippen LogP contribution in [0.4, 0.5) is 0 Å². The van der Waals surface area contributed by atoms with Crippen molar-refractivity contribution in [1.82, 2.24) is 5.32 Å². The molecule has 1 atom stereocenters. The number of amides is 1. The monoisotopic (exact) mass is 285 g/mol. The van der Waals surface area contributed by atoms with E-state index in [9.17, 15) is 4.79 Å². The maximum Gasteiger partial charge on any atom is 0.255 e. The standard InChI is InChI=1S/C17H19NO3/c1-12(13-7-5-4-6-8-13)18-17(19)15-10-9-14(20-2)11-16(15)21-3/h4-12H,1-3H3,(H,18,19)/t12-/m1/s1. The number of ether oxygens (including phenoxy) is 2. The van der Waals surface area contributed by atoms with Crippen LogP contribution in [0.3, 0.4) is 0 Å². The fourth-order valence-electron chi connectivity index (χ4n) is 2.09. The zero-order valence-corrected chi connectivity index (χ0v) is 12.4. The fraction of sp³-hybridized carbons (Fsp3) is 0.235. The summed E-state index contributed by atoms with van der Waals surface area (Å²) in [5, 5.41) is 2.96. The van der Waals surface area contributed by atoms with E-state index >= 15 is 0 Å². The second-order valence-electron chi connectivity index (χ2n) is 4.67. The van der Waals surface area contributed by atoms with Gasteiger partial charge in [0.2, 0.25) is 0 Å². The Morgan fingerprint density at radius 1 is 1.05 bits per heavy atom. The summed E-state index contributed by atoms with van der Waals surface area (Å²) in [6, 6.07) is 14.9. The van der Waals surface area contributed by atoms with Gasteiger partial charge in [0.15, 0.2) is 0 Å². The van der Waals surface area contributed by atoms with Crippen LogP contribution < -0.4 is 14.8 Å². The molecule has 0 radical (unpaired) electrons. The van der Waals surface area contributed by atoms with Gasteiger partial charge in [-0.3, -0.25) is 4.79 Å². The molecule has 0 aliphatic carbocycles. The molecule has 21 heavy (non-hydrogen) atoms. The summed E-state index contributed by atoms with van der Waals surface area (Å²) in [5.74, 6) is 0.970. The molecule has 0 bridgehead atoms. The summed E-state index contributed by atoms with van der Waals surface area (Å²) in [6.45, 7) is 1.95. The number of nitrogens with one attached hydrogen (secondary N) is 1. The Morgan fingerprint density at radius 3 is 2.38 bits per heavy atom. The Labute approximate surface area is 124 Å². The second-order valence-corrected chi connectivity index (χ2v) is 4.67. The minimum absolute atomic E-state index is 0.0782. The van der Waals surface area contributed by atoms with Crippen LogP contribution in [0.5, 0.6) is 11.5 Å². The Balaban J connectivity index is 2.17. The van der Waals surface area contributed by atoms with E-state index in [1.807, 2.05) is 37.3 Å². The fourth-order valence-corrected chi connectivity index (χ4v) is 2.09. The van der Waals surface area contributed by atoms with Crippen LogP contribution in [-0.4, -0.2) is 20.1 Å². The normalized spacial score (nSPS) is 11.6. The van der Waals surface area contributed by atoms with Crippen LogP contribution in [0.2, 0.25) is 0 Å². The van der Waals surface area contributed by atoms with Crippen molar-refractivity contribution in [3.63, 3.8) is 0 Å². The third-order valence-corrected chi connectivity index (χ3v) is 3.30. The van der Waals surface area contributed by atoms with Crippen molar-refractivity contribution in [2.45, 2.75) is 13.0 Å². The quantitative estimate of drug-likeness (QED) is 0.917. The molecule has 0 aliphatic rings. The minimum atomic E-state index is -0.175. The molecule has 2 rings (SSSR count). The number of carbonyl (C=O) groups is 1. The van der Waals surface area contributed by atoms with Gasteiger partial charge in [0.1, 0.15) is 11.5 Å². The molecule has 0 fully saturated rings. The molecule has 0 heterocycles. The van der Waals surface area contributed by atoms with Crippen LogP contribution in [0.1, 0.15) is 28.9 Å². The summed E-state index contributed by atoms with van der Waals surface area (Å²) in [4.78, 5) is 12.4. The van der Waals surface area contributed by atoms with Crippen molar-refractivity contribution in [2.75, 3.05) is 14.2 Å². The van der Waals surface area contributed by atoms with Gasteiger partial charge < -0.3 is 14.8 Å². The van der Waals surface area contributed by atoms with Gasteiger partial charge in [-0.2, -0.15) is 0 Å². The lowest BCUT2D eigenvalue weighted by molar-refractivity contribution is 0.0937. The zero-order valence-electron chi connectivity index (χ0n) is 12.4. The van der Waals surface area contributed by atoms with Gasteiger partial charge in [-0.25, -0.2) is 0 Å². The highest BCUT2D eigenvalue weighted by atomic mass is 16.5. The van der Waals surface area contributed by atoms with Gasteiger partial charge in [0.05, 0.1) is 25.8 Å². The Bertz CT molecular complexity index is 611. The van der Waals surface area contributed by atoms with Crippen molar-refractivity contribution < 1.29 is 14.3 Å². The van der Waals surface area contributed by atoms with E-state index in [-0.39, 0.29) is 11.9 Å². The van der Waals surface area contributed by atoms with Gasteiger partial charge in [-0.05, 0) is 24.6 Å². The highest BCUT2D eigenvalue weighted by molar-refractivity contribution is 5.97. The molecule has 0 saturated carbocycles. The number of carbonyl (C=O) groups excluding carboxylic acids is 1. The molecule has 0 saturated heterocycles. The van der Waals surface area contributed by atoms with Gasteiger partial charge >= 0.3 is 0 Å². The van der Waals surface area contributed by atoms with Crippen molar-refractivity contribution >= 4 is 5.91 Å². The molecule has 110 valence electrons. The van der Waals surface area contributed by atoms with Crippen molar-refractivity contribution in [1.29, 1.82) is 0 Å². The van der Waals surface area contributed by atoms with Gasteiger partial charge in [-0.15, -0.1) is 0 Å². The summed E-state index contributed by atoms with van der Waals surface area (Å²) in [6.07, 6.45) is 0. The van der Waals surface area contributed by atoms with Crippen molar-refractivity contribution in [3.05, 3.63) is 59.7 Å². The Hall–Kier alpha value is -2.49. The molecule has 0 aromatic heterocycles. The average molecular weight is 285 g/mol. The van der Waals surface area contributed by atoms with Crippen LogP contribution in [0.15, 0.2) is 48.5 Å². The maximum atomic E-state index is 12.4. The SMILES string of the molecule is COc1ccc(C(=O)N[C@H](C)c2ccccc2)c(OC)c1. The van der Waals surface area contributed by atoms with Gasteiger partial charge in [0, 0.05) is 6.07 Å². The van der Waals surface area contributed by atoms with Crippen LogP contribution in [0.25, 0.3) is 0 Å². The van der Waals surface area contributed by atoms with E-state index in [4.69, 9.17) is 9.47 Å². The first kappa shape index (κ1) is 14.9. The predicted molar refractivity (Wildman–Crippen MR) is 81.9 cm³/mol. The van der Waals surface area contributed by atoms with Crippen LogP contribution in [0, 0.1) is 0 Å². The third kappa shape index (κ3) is 3.54. The molecule has 0 spiro atoms. The summed E-state index contributed by atoms with van der Waals surface area (Å²) < 4.78 is 10.4. The van der Waals surface area contributed by atoms with E-state index in [1.165, 1.54) is 7.11 Å². The molecular weight excluding hydrogens is 266 g/mol. The molecule has 2 aromatic rings. The lowest BCUT2D eigenvalue weighted by atomic mass is 10.1. The van der Waals surface area contributed by atoms with E-state index in [1.54, 1.807) is 25.3 Å². The van der Waals surface area contributed by atoms with Crippen LogP contribution in [-0.2, 0) is 0 Å². The zero-order chi connectivity index (χ0) is 15.2. The number of methoxy groups -OCH3 is 2. The summed E-state index contributed by atoms with van der Waals surface area (Å²) in [5.41, 5.74) is 1.54. The number of rotatable bonds is 5. The molecule has 1 amide bonds. The molecule has 4 heteroatoms. The molecule has 0 aliphatic heterocycles. The van der Waals surface area contributed by atoms with Crippen LogP contribution >= 0.6 is 0 Å². The van der Waals surface area contributed by atoms with E-state index in [2.05, 4.69) is 5.32 Å². The van der Waals surface area contributed by atoms with E-state index in [0.717, 1.165) is 5.56 Å². The first-order chi connectivity index (χ1) is 10.2. The predicted octanol–water partition coefficient (Wildman–Crippen LogP) is 3.19. The lowest BCUT2D eigenvalue weighted by Gasteiger charge is -2.16. The topological polar surface area (TPSA) is 47.6 Å². The maximum absolute atomic E-state index is 12.4. The molecule has 0 unspecified atom stereocenters. The highest BCUT2D eigenvalue weighted by Crippen LogP contribution is 2.25. The summed E-state index contributed by atoms with van der Waals surface area (Å²) in [7, 11) is 3.11. The van der Waals surface area contributed by atoms with Crippen molar-refractivity contribution in [3.8, 4) is 11.5 Å². The number of benzene rings is 2. The van der Waals surface area contributed by atoms with Gasteiger partial charge in [-0.1, -0.05) is 30.3 Å². The lowest BCUT2D eigenvalue weighted by Crippen LogP contribution is -2.27. The average Bonchev–Trinajstić information content (AvgIpc) is 2.54. The molecule has 1 N–H and O–H groups in total. The smallest absolute Gasteiger partial charge is 0.255 e. The van der Waals surface area contributed by atoms with Crippen molar-refractivity contribution in [2.24, 2.45) is 0 Å². The Morgan fingerprint density at radius 2 is 1.76 bits per heavy atom. The largest absolute Gasteiger partial charge is 0.497 e. The first-order valence-corrected chi connectivity index (χ1v) is 6.73. The Kier molecular flexibility index (Phi) is 4.82. The molecule has 2 aromatic carbocycles.